The van der Waals surface area contributed by atoms with Gasteiger partial charge in [0.2, 0.25) is 5.91 Å². The van der Waals surface area contributed by atoms with E-state index in [9.17, 15) is 9.59 Å². The molecule has 0 aliphatic rings. The number of benzene rings is 2. The van der Waals surface area contributed by atoms with Crippen molar-refractivity contribution in [3.05, 3.63) is 88.2 Å². The first-order chi connectivity index (χ1) is 16.8. The topological polar surface area (TPSA) is 76.5 Å². The Morgan fingerprint density at radius 1 is 1.11 bits per heavy atom. The number of carbonyl (C=O) groups is 2. The van der Waals surface area contributed by atoms with E-state index < -0.39 is 0 Å². The van der Waals surface area contributed by atoms with Crippen molar-refractivity contribution in [3.8, 4) is 5.75 Å². The highest BCUT2D eigenvalue weighted by molar-refractivity contribution is 6.30. The lowest BCUT2D eigenvalue weighted by atomic mass is 10.1. The van der Waals surface area contributed by atoms with Gasteiger partial charge in [0.05, 0.1) is 19.0 Å². The second-order valence-corrected chi connectivity index (χ2v) is 8.87. The van der Waals surface area contributed by atoms with Gasteiger partial charge in [-0.1, -0.05) is 17.7 Å². The third kappa shape index (κ3) is 5.00. The maximum atomic E-state index is 13.4. The Morgan fingerprint density at radius 3 is 2.54 bits per heavy atom. The largest absolute Gasteiger partial charge is 0.497 e. The number of pyridine rings is 1. The predicted octanol–water partition coefficient (Wildman–Crippen LogP) is 4.62. The van der Waals surface area contributed by atoms with Crippen LogP contribution in [0.25, 0.3) is 10.9 Å². The van der Waals surface area contributed by atoms with E-state index in [0.717, 1.165) is 22.3 Å². The molecule has 1 amide bonds. The molecule has 180 valence electrons. The quantitative estimate of drug-likeness (QED) is 0.409. The van der Waals surface area contributed by atoms with E-state index in [1.165, 1.54) is 0 Å². The van der Waals surface area contributed by atoms with Crippen LogP contribution < -0.4 is 15.0 Å². The van der Waals surface area contributed by atoms with Crippen LogP contribution in [0.2, 0.25) is 5.02 Å². The normalized spacial score (nSPS) is 10.9. The number of hydrogen-bond acceptors (Lipinski definition) is 5. The van der Waals surface area contributed by atoms with Crippen LogP contribution >= 0.6 is 11.6 Å². The third-order valence-corrected chi connectivity index (χ3v) is 6.19. The fourth-order valence-corrected chi connectivity index (χ4v) is 4.31. The number of ether oxygens (including phenoxy) is 1. The Bertz CT molecular complexity index is 1390. The molecule has 0 radical (unpaired) electrons. The van der Waals surface area contributed by atoms with Gasteiger partial charge in [-0.05, 0) is 61.0 Å². The number of hydrogen-bond donors (Lipinski definition) is 1. The van der Waals surface area contributed by atoms with Gasteiger partial charge in [0.15, 0.2) is 0 Å². The summed E-state index contributed by atoms with van der Waals surface area (Å²) >= 11 is 6.00. The molecule has 35 heavy (non-hydrogen) atoms. The second kappa shape index (κ2) is 10.2. The molecular formula is C27H27ClN4O3. The molecule has 4 aromatic rings. The molecular weight excluding hydrogens is 464 g/mol. The average molecular weight is 491 g/mol. The Hall–Kier alpha value is -3.84. The monoisotopic (exact) mass is 490 g/mol. The molecule has 2 aromatic carbocycles. The highest BCUT2D eigenvalue weighted by Crippen LogP contribution is 2.31. The van der Waals surface area contributed by atoms with Crippen molar-refractivity contribution in [1.82, 2.24) is 14.9 Å². The van der Waals surface area contributed by atoms with Gasteiger partial charge in [-0.25, -0.2) is 4.98 Å². The molecule has 2 aromatic heterocycles. The zero-order valence-electron chi connectivity index (χ0n) is 20.1. The van der Waals surface area contributed by atoms with Crippen LogP contribution in [-0.4, -0.2) is 42.6 Å². The van der Waals surface area contributed by atoms with Crippen molar-refractivity contribution in [2.24, 2.45) is 0 Å². The van der Waals surface area contributed by atoms with Crippen LogP contribution in [-0.2, 0) is 17.8 Å². The Morgan fingerprint density at radius 2 is 1.86 bits per heavy atom. The summed E-state index contributed by atoms with van der Waals surface area (Å²) in [6, 6.07) is 16.1. The molecule has 1 N–H and O–H groups in total. The molecule has 7 nitrogen and oxygen atoms in total. The minimum atomic E-state index is -0.188. The number of nitrogens with zero attached hydrogens (tertiary/aromatic N) is 3. The van der Waals surface area contributed by atoms with Gasteiger partial charge in [0, 0.05) is 54.1 Å². The molecule has 0 saturated heterocycles. The molecule has 0 atom stereocenters. The van der Waals surface area contributed by atoms with Gasteiger partial charge in [0.1, 0.15) is 11.6 Å². The minimum Gasteiger partial charge on any atom is -0.497 e. The van der Waals surface area contributed by atoms with Crippen molar-refractivity contribution in [2.75, 3.05) is 26.1 Å². The van der Waals surface area contributed by atoms with Gasteiger partial charge in [-0.3, -0.25) is 14.2 Å². The molecule has 4 rings (SSSR count). The number of halogens is 1. The van der Waals surface area contributed by atoms with Crippen LogP contribution in [0, 0.1) is 6.92 Å². The number of carbonyl (C=O) groups excluding carboxylic acids is 2. The number of nitrogens with one attached hydrogen (secondary N) is 1. The first-order valence-corrected chi connectivity index (χ1v) is 11.5. The fourth-order valence-electron chi connectivity index (χ4n) is 4.18. The van der Waals surface area contributed by atoms with Crippen molar-refractivity contribution in [3.63, 3.8) is 0 Å². The van der Waals surface area contributed by atoms with Crippen molar-refractivity contribution < 1.29 is 14.3 Å². The summed E-state index contributed by atoms with van der Waals surface area (Å²) in [5.74, 6) is 1.12. The third-order valence-electron chi connectivity index (χ3n) is 5.94. The Balaban J connectivity index is 1.67. The molecule has 0 bridgehead atoms. The van der Waals surface area contributed by atoms with Gasteiger partial charge in [0.25, 0.3) is 5.91 Å². The molecule has 8 heteroatoms. The fraction of sp³-hybridized carbons (Fsp3) is 0.222. The number of aromatic nitrogens is 2. The molecule has 0 fully saturated rings. The van der Waals surface area contributed by atoms with Crippen molar-refractivity contribution in [1.29, 1.82) is 0 Å². The summed E-state index contributed by atoms with van der Waals surface area (Å²) in [4.78, 5) is 32.7. The van der Waals surface area contributed by atoms with Crippen LogP contribution in [0.5, 0.6) is 5.75 Å². The average Bonchev–Trinajstić information content (AvgIpc) is 3.13. The molecule has 0 aliphatic heterocycles. The van der Waals surface area contributed by atoms with E-state index in [4.69, 9.17) is 16.3 Å². The number of anilines is 1. The van der Waals surface area contributed by atoms with E-state index in [1.807, 2.05) is 56.3 Å². The molecule has 0 unspecified atom stereocenters. The van der Waals surface area contributed by atoms with E-state index in [2.05, 4.69) is 10.3 Å². The highest BCUT2D eigenvalue weighted by Gasteiger charge is 2.22. The highest BCUT2D eigenvalue weighted by atomic mass is 35.5. The lowest BCUT2D eigenvalue weighted by Gasteiger charge is -2.16. The lowest BCUT2D eigenvalue weighted by Crippen LogP contribution is -2.26. The van der Waals surface area contributed by atoms with Crippen LogP contribution in [0.15, 0.2) is 60.8 Å². The SMILES string of the molecule is COc1ccc2c(c1)c(CC(=O)NCc1cccnc1N(C)C)c(C)n2C(=O)c1ccc(Cl)cc1. The first-order valence-electron chi connectivity index (χ1n) is 11.2. The maximum absolute atomic E-state index is 13.4. The summed E-state index contributed by atoms with van der Waals surface area (Å²) in [5.41, 5.74) is 3.63. The van der Waals surface area contributed by atoms with E-state index >= 15 is 0 Å². The number of rotatable bonds is 7. The van der Waals surface area contributed by atoms with Crippen molar-refractivity contribution >= 4 is 40.1 Å². The van der Waals surface area contributed by atoms with Gasteiger partial charge in [-0.2, -0.15) is 0 Å². The number of fused-ring (bicyclic) bond motifs is 1. The summed E-state index contributed by atoms with van der Waals surface area (Å²) in [6.07, 6.45) is 1.85. The predicted molar refractivity (Wildman–Crippen MR) is 139 cm³/mol. The summed E-state index contributed by atoms with van der Waals surface area (Å²) in [6.45, 7) is 2.21. The van der Waals surface area contributed by atoms with E-state index in [0.29, 0.717) is 34.1 Å². The number of methoxy groups -OCH3 is 1. The van der Waals surface area contributed by atoms with Crippen LogP contribution in [0.3, 0.4) is 0 Å². The van der Waals surface area contributed by atoms with Gasteiger partial charge >= 0.3 is 0 Å². The Kier molecular flexibility index (Phi) is 7.07. The molecule has 0 saturated carbocycles. The summed E-state index contributed by atoms with van der Waals surface area (Å²) in [5, 5.41) is 4.35. The smallest absolute Gasteiger partial charge is 0.262 e. The van der Waals surface area contributed by atoms with E-state index in [1.54, 1.807) is 42.1 Å². The summed E-state index contributed by atoms with van der Waals surface area (Å²) in [7, 11) is 5.42. The Labute approximate surface area is 209 Å². The lowest BCUT2D eigenvalue weighted by molar-refractivity contribution is -0.120. The van der Waals surface area contributed by atoms with Gasteiger partial charge in [-0.15, -0.1) is 0 Å². The van der Waals surface area contributed by atoms with E-state index in [-0.39, 0.29) is 18.2 Å². The zero-order chi connectivity index (χ0) is 25.1. The molecule has 0 aliphatic carbocycles. The van der Waals surface area contributed by atoms with Crippen LogP contribution in [0.1, 0.15) is 27.2 Å². The molecule has 2 heterocycles. The minimum absolute atomic E-state index is 0.119. The molecule has 0 spiro atoms. The summed E-state index contributed by atoms with van der Waals surface area (Å²) < 4.78 is 7.05. The van der Waals surface area contributed by atoms with Gasteiger partial charge < -0.3 is 15.0 Å². The standard InChI is InChI=1S/C27H27ClN4O3/c1-17-22(15-25(33)30-16-19-6-5-13-29-26(19)31(2)3)23-14-21(35-4)11-12-24(23)32(17)27(34)18-7-9-20(28)10-8-18/h5-14H,15-16H2,1-4H3,(H,30,33). The van der Waals surface area contributed by atoms with Crippen molar-refractivity contribution in [2.45, 2.75) is 19.9 Å². The zero-order valence-corrected chi connectivity index (χ0v) is 20.9. The van der Waals surface area contributed by atoms with Crippen LogP contribution in [0.4, 0.5) is 5.82 Å². The second-order valence-electron chi connectivity index (χ2n) is 8.43. The number of amides is 1. The maximum Gasteiger partial charge on any atom is 0.262 e. The first kappa shape index (κ1) is 24.3.